The zero-order chi connectivity index (χ0) is 20.1. The highest BCUT2D eigenvalue weighted by Crippen LogP contribution is 2.19. The molecular weight excluding hydrogens is 358 g/mol. The summed E-state index contributed by atoms with van der Waals surface area (Å²) in [7, 11) is 1.32. The third-order valence-electron chi connectivity index (χ3n) is 4.72. The molecule has 1 saturated heterocycles. The van der Waals surface area contributed by atoms with Gasteiger partial charge in [-0.1, -0.05) is 18.2 Å². The number of carbonyl (C=O) groups is 3. The van der Waals surface area contributed by atoms with Gasteiger partial charge in [0.15, 0.2) is 5.78 Å². The minimum Gasteiger partial charge on any atom is -0.465 e. The average Bonchev–Trinajstić information content (AvgIpc) is 2.73. The molecule has 0 saturated carbocycles. The van der Waals surface area contributed by atoms with Crippen LogP contribution in [-0.4, -0.2) is 56.0 Å². The van der Waals surface area contributed by atoms with Gasteiger partial charge in [0.05, 0.1) is 12.7 Å². The van der Waals surface area contributed by atoms with Crippen LogP contribution in [0, 0.1) is 0 Å². The topological polar surface area (TPSA) is 79.0 Å². The molecule has 0 atom stereocenters. The first-order valence-electron chi connectivity index (χ1n) is 9.08. The Balaban J connectivity index is 1.59. The SMILES string of the molecule is COC(=O)c1cccc(NC(=O)N2CCN(c3cccc(C(C)=O)c3)CC2)c1. The Labute approximate surface area is 163 Å². The van der Waals surface area contributed by atoms with E-state index < -0.39 is 5.97 Å². The summed E-state index contributed by atoms with van der Waals surface area (Å²) in [6.45, 7) is 4.03. The minimum absolute atomic E-state index is 0.0362. The molecule has 2 amide bonds. The molecule has 146 valence electrons. The van der Waals surface area contributed by atoms with Crippen molar-refractivity contribution in [3.63, 3.8) is 0 Å². The van der Waals surface area contributed by atoms with Gasteiger partial charge in [0, 0.05) is 43.1 Å². The summed E-state index contributed by atoms with van der Waals surface area (Å²) in [4.78, 5) is 39.6. The highest BCUT2D eigenvalue weighted by atomic mass is 16.5. The summed E-state index contributed by atoms with van der Waals surface area (Å²) in [5.41, 5.74) is 2.60. The van der Waals surface area contributed by atoms with Crippen molar-refractivity contribution < 1.29 is 19.1 Å². The highest BCUT2D eigenvalue weighted by Gasteiger charge is 2.22. The van der Waals surface area contributed by atoms with Gasteiger partial charge in [-0.25, -0.2) is 9.59 Å². The number of Topliss-reactive ketones (excluding diaryl/α,β-unsaturated/α-hetero) is 1. The summed E-state index contributed by atoms with van der Waals surface area (Å²) in [5.74, 6) is -0.411. The molecule has 0 aromatic heterocycles. The predicted octanol–water partition coefficient (Wildman–Crippen LogP) is 3.03. The Kier molecular flexibility index (Phi) is 5.93. The first-order chi connectivity index (χ1) is 13.5. The lowest BCUT2D eigenvalue weighted by atomic mass is 10.1. The van der Waals surface area contributed by atoms with Crippen molar-refractivity contribution in [2.45, 2.75) is 6.92 Å². The lowest BCUT2D eigenvalue weighted by Gasteiger charge is -2.36. The Morgan fingerprint density at radius 3 is 2.29 bits per heavy atom. The van der Waals surface area contributed by atoms with Crippen LogP contribution >= 0.6 is 0 Å². The Morgan fingerprint density at radius 2 is 1.61 bits per heavy atom. The first-order valence-corrected chi connectivity index (χ1v) is 9.08. The van der Waals surface area contributed by atoms with Crippen molar-refractivity contribution >= 4 is 29.2 Å². The van der Waals surface area contributed by atoms with E-state index >= 15 is 0 Å². The van der Waals surface area contributed by atoms with Crippen LogP contribution in [0.3, 0.4) is 0 Å². The maximum Gasteiger partial charge on any atom is 0.337 e. The number of piperazine rings is 1. The number of esters is 1. The van der Waals surface area contributed by atoms with E-state index in [0.717, 1.165) is 5.69 Å². The fraction of sp³-hybridized carbons (Fsp3) is 0.286. The van der Waals surface area contributed by atoms with Crippen molar-refractivity contribution in [3.05, 3.63) is 59.7 Å². The summed E-state index contributed by atoms with van der Waals surface area (Å²) in [5, 5.41) is 2.83. The quantitative estimate of drug-likeness (QED) is 0.651. The molecule has 1 aliphatic rings. The van der Waals surface area contributed by atoms with Crippen LogP contribution in [0.25, 0.3) is 0 Å². The maximum atomic E-state index is 12.5. The smallest absolute Gasteiger partial charge is 0.337 e. The van der Waals surface area contributed by atoms with Gasteiger partial charge < -0.3 is 19.9 Å². The van der Waals surface area contributed by atoms with Gasteiger partial charge >= 0.3 is 12.0 Å². The first kappa shape index (κ1) is 19.4. The summed E-state index contributed by atoms with van der Waals surface area (Å²) < 4.78 is 4.70. The number of urea groups is 1. The number of amides is 2. The molecule has 28 heavy (non-hydrogen) atoms. The van der Waals surface area contributed by atoms with Crippen LogP contribution in [0.2, 0.25) is 0 Å². The van der Waals surface area contributed by atoms with Crippen LogP contribution in [-0.2, 0) is 4.74 Å². The number of hydrogen-bond acceptors (Lipinski definition) is 5. The molecule has 7 heteroatoms. The van der Waals surface area contributed by atoms with E-state index in [1.165, 1.54) is 7.11 Å². The summed E-state index contributed by atoms with van der Waals surface area (Å²) >= 11 is 0. The van der Waals surface area contributed by atoms with Crippen molar-refractivity contribution in [3.8, 4) is 0 Å². The largest absolute Gasteiger partial charge is 0.465 e. The molecule has 0 aliphatic carbocycles. The van der Waals surface area contributed by atoms with E-state index in [1.54, 1.807) is 42.2 Å². The third kappa shape index (κ3) is 4.49. The van der Waals surface area contributed by atoms with Gasteiger partial charge in [0.2, 0.25) is 0 Å². The zero-order valence-corrected chi connectivity index (χ0v) is 16.0. The number of ether oxygens (including phenoxy) is 1. The van der Waals surface area contributed by atoms with Crippen LogP contribution in [0.4, 0.5) is 16.2 Å². The zero-order valence-electron chi connectivity index (χ0n) is 16.0. The molecule has 1 aliphatic heterocycles. The monoisotopic (exact) mass is 381 g/mol. The van der Waals surface area contributed by atoms with Gasteiger partial charge in [0.25, 0.3) is 0 Å². The number of rotatable bonds is 4. The fourth-order valence-electron chi connectivity index (χ4n) is 3.13. The highest BCUT2D eigenvalue weighted by molar-refractivity contribution is 5.95. The van der Waals surface area contributed by atoms with Crippen molar-refractivity contribution in [2.75, 3.05) is 43.5 Å². The fourth-order valence-corrected chi connectivity index (χ4v) is 3.13. The van der Waals surface area contributed by atoms with Gasteiger partial charge in [-0.15, -0.1) is 0 Å². The molecule has 1 heterocycles. The molecule has 1 fully saturated rings. The molecule has 2 aromatic rings. The van der Waals surface area contributed by atoms with Gasteiger partial charge in [-0.2, -0.15) is 0 Å². The molecular formula is C21H23N3O4. The number of hydrogen-bond donors (Lipinski definition) is 1. The van der Waals surface area contributed by atoms with E-state index in [0.29, 0.717) is 43.0 Å². The second-order valence-corrected chi connectivity index (χ2v) is 6.58. The minimum atomic E-state index is -0.447. The Hall–Kier alpha value is -3.35. The van der Waals surface area contributed by atoms with Gasteiger partial charge in [0.1, 0.15) is 0 Å². The number of ketones is 1. The average molecular weight is 381 g/mol. The van der Waals surface area contributed by atoms with E-state index in [9.17, 15) is 14.4 Å². The number of benzene rings is 2. The van der Waals surface area contributed by atoms with Crippen LogP contribution in [0.5, 0.6) is 0 Å². The number of anilines is 2. The van der Waals surface area contributed by atoms with Gasteiger partial charge in [-0.05, 0) is 37.3 Å². The molecule has 0 spiro atoms. The van der Waals surface area contributed by atoms with E-state index in [-0.39, 0.29) is 11.8 Å². The van der Waals surface area contributed by atoms with Crippen molar-refractivity contribution in [2.24, 2.45) is 0 Å². The van der Waals surface area contributed by atoms with Crippen LogP contribution < -0.4 is 10.2 Å². The summed E-state index contributed by atoms with van der Waals surface area (Å²) in [6, 6.07) is 14.0. The van der Waals surface area contributed by atoms with Crippen LogP contribution in [0.1, 0.15) is 27.6 Å². The molecule has 3 rings (SSSR count). The normalized spacial score (nSPS) is 13.8. The lowest BCUT2D eigenvalue weighted by molar-refractivity contribution is 0.0600. The number of carbonyl (C=O) groups excluding carboxylic acids is 3. The van der Waals surface area contributed by atoms with Crippen LogP contribution in [0.15, 0.2) is 48.5 Å². The second kappa shape index (κ2) is 8.56. The lowest BCUT2D eigenvalue weighted by Crippen LogP contribution is -2.50. The van der Waals surface area contributed by atoms with Gasteiger partial charge in [-0.3, -0.25) is 4.79 Å². The molecule has 0 radical (unpaired) electrons. The maximum absolute atomic E-state index is 12.5. The standard InChI is InChI=1S/C21H23N3O4/c1-15(25)16-5-4-8-19(14-16)23-9-11-24(12-10-23)21(27)22-18-7-3-6-17(13-18)20(26)28-2/h3-8,13-14H,9-12H2,1-2H3,(H,22,27). The molecule has 1 N–H and O–H groups in total. The van der Waals surface area contributed by atoms with E-state index in [4.69, 9.17) is 4.74 Å². The number of methoxy groups -OCH3 is 1. The van der Waals surface area contributed by atoms with E-state index in [2.05, 4.69) is 10.2 Å². The molecule has 2 aromatic carbocycles. The Bertz CT molecular complexity index is 889. The Morgan fingerprint density at radius 1 is 0.929 bits per heavy atom. The molecule has 0 unspecified atom stereocenters. The second-order valence-electron chi connectivity index (χ2n) is 6.58. The third-order valence-corrected chi connectivity index (χ3v) is 4.72. The van der Waals surface area contributed by atoms with E-state index in [1.807, 2.05) is 18.2 Å². The molecule has 0 bridgehead atoms. The summed E-state index contributed by atoms with van der Waals surface area (Å²) in [6.07, 6.45) is 0. The predicted molar refractivity (Wildman–Crippen MR) is 107 cm³/mol. The number of nitrogens with zero attached hydrogens (tertiary/aromatic N) is 2. The molecule has 7 nitrogen and oxygen atoms in total. The van der Waals surface area contributed by atoms with Crippen molar-refractivity contribution in [1.29, 1.82) is 0 Å². The van der Waals surface area contributed by atoms with Crippen molar-refractivity contribution in [1.82, 2.24) is 4.90 Å². The number of nitrogens with one attached hydrogen (secondary N) is 1.